The molecule has 1 aliphatic carbocycles. The van der Waals surface area contributed by atoms with Gasteiger partial charge in [0.15, 0.2) is 16.8 Å². The van der Waals surface area contributed by atoms with Crippen molar-refractivity contribution in [2.45, 2.75) is 57.8 Å². The lowest BCUT2D eigenvalue weighted by atomic mass is 9.84. The summed E-state index contributed by atoms with van der Waals surface area (Å²) in [5.41, 5.74) is -0.888. The molecule has 2 aliphatic rings. The smallest absolute Gasteiger partial charge is 0.307 e. The first kappa shape index (κ1) is 23.7. The molecule has 2 N–H and O–H groups in total. The first-order valence-corrected chi connectivity index (χ1v) is 11.6. The van der Waals surface area contributed by atoms with Crippen molar-refractivity contribution in [3.63, 3.8) is 0 Å². The molecule has 0 unspecified atom stereocenters. The lowest BCUT2D eigenvalue weighted by Gasteiger charge is -2.26. The van der Waals surface area contributed by atoms with Crippen LogP contribution in [0.4, 0.5) is 0 Å². The molecule has 0 bridgehead atoms. The lowest BCUT2D eigenvalue weighted by Crippen LogP contribution is -2.20. The Bertz CT molecular complexity index is 1560. The van der Waals surface area contributed by atoms with Gasteiger partial charge in [0.25, 0.3) is 0 Å². The van der Waals surface area contributed by atoms with Crippen LogP contribution in [0.1, 0.15) is 67.0 Å². The Morgan fingerprint density at radius 1 is 1.22 bits per heavy atom. The third kappa shape index (κ3) is 3.67. The number of phenols is 1. The standard InChI is InChI=1S/C27H24O9/c1-4-5-19-27(3,36-19)20-11-17(30)22-14(10-21(31)32)8-13-9-15-18(34-12(2)28)7-6-16(29)24(15)25(33)23(13)26(22)35-20/h4-5,8-9,11,18-19,33H,6-7,10H2,1-3H3,(H,31,32)/b5-4-/t18-,19+,27-/m0/s1. The van der Waals surface area contributed by atoms with E-state index in [2.05, 4.69) is 0 Å². The zero-order valence-corrected chi connectivity index (χ0v) is 19.9. The topological polar surface area (TPSA) is 144 Å². The molecule has 0 saturated carbocycles. The van der Waals surface area contributed by atoms with Crippen LogP contribution in [0, 0.1) is 0 Å². The Balaban J connectivity index is 1.86. The first-order chi connectivity index (χ1) is 17.0. The fourth-order valence-electron chi connectivity index (χ4n) is 5.08. The number of carbonyl (C=O) groups is 3. The molecular weight excluding hydrogens is 468 g/mol. The van der Waals surface area contributed by atoms with Crippen LogP contribution in [0.15, 0.2) is 39.6 Å². The van der Waals surface area contributed by atoms with E-state index in [1.54, 1.807) is 13.0 Å². The van der Waals surface area contributed by atoms with Gasteiger partial charge in [0.2, 0.25) is 0 Å². The van der Waals surface area contributed by atoms with Gasteiger partial charge in [0, 0.05) is 25.0 Å². The third-order valence-electron chi connectivity index (χ3n) is 6.81. The molecule has 3 aromatic rings. The minimum absolute atomic E-state index is 0.000938. The highest BCUT2D eigenvalue weighted by atomic mass is 16.6. The predicted molar refractivity (Wildman–Crippen MR) is 128 cm³/mol. The number of carboxylic acid groups (broad SMARTS) is 1. The second-order valence-electron chi connectivity index (χ2n) is 9.30. The summed E-state index contributed by atoms with van der Waals surface area (Å²) in [5, 5.41) is 21.3. The number of epoxide rings is 1. The van der Waals surface area contributed by atoms with E-state index in [0.29, 0.717) is 10.9 Å². The second kappa shape index (κ2) is 8.30. The molecule has 0 spiro atoms. The second-order valence-corrected chi connectivity index (χ2v) is 9.30. The average Bonchev–Trinajstić information content (AvgIpc) is 3.45. The van der Waals surface area contributed by atoms with E-state index in [9.17, 15) is 29.4 Å². The van der Waals surface area contributed by atoms with Gasteiger partial charge in [-0.15, -0.1) is 0 Å². The fourth-order valence-corrected chi connectivity index (χ4v) is 5.08. The maximum absolute atomic E-state index is 13.3. The van der Waals surface area contributed by atoms with Gasteiger partial charge in [0.05, 0.1) is 22.8 Å². The van der Waals surface area contributed by atoms with Crippen LogP contribution in [-0.4, -0.2) is 34.0 Å². The molecule has 1 aromatic heterocycles. The number of hydrogen-bond acceptors (Lipinski definition) is 8. The maximum Gasteiger partial charge on any atom is 0.307 e. The summed E-state index contributed by atoms with van der Waals surface area (Å²) in [4.78, 5) is 49.4. The molecule has 2 aromatic carbocycles. The largest absolute Gasteiger partial charge is 0.506 e. The van der Waals surface area contributed by atoms with E-state index in [0.717, 1.165) is 0 Å². The monoisotopic (exact) mass is 492 g/mol. The molecular formula is C27H24O9. The SMILES string of the molecule is C/C=C\[C@H]1O[C@]1(C)c1cc(=O)c2c(CC(=O)O)cc3cc4c(c(O)c3c2o1)C(=O)CC[C@@H]4OC(C)=O. The zero-order valence-electron chi connectivity index (χ0n) is 19.9. The Hall–Kier alpha value is -3.98. The number of Topliss-reactive ketones (excluding diaryl/α,β-unsaturated/α-hetero) is 1. The van der Waals surface area contributed by atoms with E-state index < -0.39 is 41.2 Å². The maximum atomic E-state index is 13.3. The number of esters is 1. The number of fused-ring (bicyclic) bond motifs is 4. The number of hydrogen-bond donors (Lipinski definition) is 2. The van der Waals surface area contributed by atoms with Gasteiger partial charge >= 0.3 is 11.9 Å². The average molecular weight is 492 g/mol. The summed E-state index contributed by atoms with van der Waals surface area (Å²) >= 11 is 0. The number of carbonyl (C=O) groups excluding carboxylic acids is 2. The summed E-state index contributed by atoms with van der Waals surface area (Å²) in [6, 6.07) is 4.36. The highest BCUT2D eigenvalue weighted by Crippen LogP contribution is 2.49. The van der Waals surface area contributed by atoms with Gasteiger partial charge in [-0.1, -0.05) is 12.2 Å². The highest BCUT2D eigenvalue weighted by Gasteiger charge is 2.54. The predicted octanol–water partition coefficient (Wildman–Crippen LogP) is 4.05. The Kier molecular flexibility index (Phi) is 5.48. The molecule has 186 valence electrons. The van der Waals surface area contributed by atoms with E-state index in [-0.39, 0.29) is 58.0 Å². The van der Waals surface area contributed by atoms with Crippen LogP contribution < -0.4 is 5.43 Å². The normalized spacial score (nSPS) is 23.2. The van der Waals surface area contributed by atoms with Gasteiger partial charge in [0.1, 0.15) is 29.3 Å². The van der Waals surface area contributed by atoms with Crippen LogP contribution in [-0.2, 0) is 31.1 Å². The molecule has 0 amide bonds. The van der Waals surface area contributed by atoms with Gasteiger partial charge in [-0.05, 0) is 43.4 Å². The minimum atomic E-state index is -1.15. The number of rotatable bonds is 5. The number of phenolic OH excluding ortho intramolecular Hbond substituents is 1. The van der Waals surface area contributed by atoms with Crippen molar-refractivity contribution in [2.24, 2.45) is 0 Å². The number of carboxylic acids is 1. The first-order valence-electron chi connectivity index (χ1n) is 11.6. The summed E-state index contributed by atoms with van der Waals surface area (Å²) in [6.45, 7) is 4.86. The highest BCUT2D eigenvalue weighted by molar-refractivity contribution is 6.15. The zero-order chi connectivity index (χ0) is 25.9. The van der Waals surface area contributed by atoms with Gasteiger partial charge < -0.3 is 24.1 Å². The van der Waals surface area contributed by atoms with Crippen LogP contribution in [0.25, 0.3) is 21.7 Å². The molecule has 0 radical (unpaired) electrons. The van der Waals surface area contributed by atoms with E-state index in [4.69, 9.17) is 13.9 Å². The van der Waals surface area contributed by atoms with Gasteiger partial charge in [-0.25, -0.2) is 0 Å². The van der Waals surface area contributed by atoms with Crippen molar-refractivity contribution in [1.82, 2.24) is 0 Å². The van der Waals surface area contributed by atoms with E-state index in [1.807, 2.05) is 19.1 Å². The number of ether oxygens (including phenoxy) is 2. The van der Waals surface area contributed by atoms with Crippen LogP contribution in [0.5, 0.6) is 5.75 Å². The van der Waals surface area contributed by atoms with E-state index in [1.165, 1.54) is 19.1 Å². The number of allylic oxidation sites excluding steroid dienone is 1. The van der Waals surface area contributed by atoms with Crippen molar-refractivity contribution in [3.8, 4) is 5.75 Å². The molecule has 9 nitrogen and oxygen atoms in total. The van der Waals surface area contributed by atoms with Crippen LogP contribution in [0.3, 0.4) is 0 Å². The van der Waals surface area contributed by atoms with E-state index >= 15 is 0 Å². The molecule has 9 heteroatoms. The lowest BCUT2D eigenvalue weighted by molar-refractivity contribution is -0.147. The van der Waals surface area contributed by atoms with Crippen molar-refractivity contribution in [1.29, 1.82) is 0 Å². The van der Waals surface area contributed by atoms with Crippen molar-refractivity contribution < 1.29 is 38.5 Å². The summed E-state index contributed by atoms with van der Waals surface area (Å²) in [7, 11) is 0. The minimum Gasteiger partial charge on any atom is -0.506 e. The molecule has 1 fully saturated rings. The Morgan fingerprint density at radius 3 is 2.64 bits per heavy atom. The number of aliphatic carboxylic acids is 1. The molecule has 1 aliphatic heterocycles. The summed E-state index contributed by atoms with van der Waals surface area (Å²) < 4.78 is 17.3. The molecule has 3 atom stereocenters. The van der Waals surface area contributed by atoms with Crippen molar-refractivity contribution in [3.05, 3.63) is 63.0 Å². The fraction of sp³-hybridized carbons (Fsp3) is 0.333. The Morgan fingerprint density at radius 2 is 1.97 bits per heavy atom. The van der Waals surface area contributed by atoms with Crippen molar-refractivity contribution >= 4 is 39.5 Å². The molecule has 2 heterocycles. The van der Waals surface area contributed by atoms with Crippen LogP contribution in [0.2, 0.25) is 0 Å². The van der Waals surface area contributed by atoms with Crippen LogP contribution >= 0.6 is 0 Å². The number of aromatic hydroxyl groups is 1. The van der Waals surface area contributed by atoms with Gasteiger partial charge in [-0.2, -0.15) is 0 Å². The summed E-state index contributed by atoms with van der Waals surface area (Å²) in [5.74, 6) is -2.20. The quantitative estimate of drug-likeness (QED) is 0.233. The summed E-state index contributed by atoms with van der Waals surface area (Å²) in [6.07, 6.45) is 2.43. The van der Waals surface area contributed by atoms with Crippen molar-refractivity contribution in [2.75, 3.05) is 0 Å². The Labute approximate surface area is 204 Å². The molecule has 1 saturated heterocycles. The number of ketones is 1. The van der Waals surface area contributed by atoms with Gasteiger partial charge in [-0.3, -0.25) is 19.2 Å². The number of benzene rings is 2. The molecule has 36 heavy (non-hydrogen) atoms. The molecule has 5 rings (SSSR count). The third-order valence-corrected chi connectivity index (χ3v) is 6.81.